The molecule has 106 valence electrons. The van der Waals surface area contributed by atoms with Crippen molar-refractivity contribution in [2.75, 3.05) is 5.32 Å². The molecule has 0 spiro atoms. The van der Waals surface area contributed by atoms with Crippen LogP contribution in [0, 0.1) is 0 Å². The fraction of sp³-hybridized carbons (Fsp3) is 0. The van der Waals surface area contributed by atoms with Crippen molar-refractivity contribution in [3.05, 3.63) is 50.8 Å². The molecule has 21 heavy (non-hydrogen) atoms. The Morgan fingerprint density at radius 3 is 2.57 bits per heavy atom. The summed E-state index contributed by atoms with van der Waals surface area (Å²) in [6, 6.07) is 8.91. The van der Waals surface area contributed by atoms with E-state index in [4.69, 9.17) is 23.2 Å². The molecule has 0 fully saturated rings. The first-order chi connectivity index (χ1) is 10.1. The van der Waals surface area contributed by atoms with Crippen LogP contribution >= 0.6 is 45.9 Å². The van der Waals surface area contributed by atoms with E-state index in [1.54, 1.807) is 17.6 Å². The summed E-state index contributed by atoms with van der Waals surface area (Å²) >= 11 is 14.6. The first kappa shape index (κ1) is 14.5. The highest BCUT2D eigenvalue weighted by atomic mass is 35.5. The van der Waals surface area contributed by atoms with Gasteiger partial charge < -0.3 is 0 Å². The standard InChI is InChI=1S/C13H7Cl2N3OS2/c14-8-3-7(4-9(15)5-8)10-1-2-11(21-10)12(19)17-13-18-16-6-20-13/h1-6H,(H,17,18,19). The lowest BCUT2D eigenvalue weighted by Gasteiger charge is -2.00. The van der Waals surface area contributed by atoms with E-state index in [1.807, 2.05) is 18.2 Å². The number of anilines is 1. The number of carbonyl (C=O) groups is 1. The summed E-state index contributed by atoms with van der Waals surface area (Å²) in [6.07, 6.45) is 0. The summed E-state index contributed by atoms with van der Waals surface area (Å²) in [7, 11) is 0. The van der Waals surface area contributed by atoms with Crippen molar-refractivity contribution in [2.24, 2.45) is 0 Å². The fourth-order valence-corrected chi connectivity index (χ4v) is 3.55. The number of amides is 1. The normalized spacial score (nSPS) is 10.6. The molecule has 2 heterocycles. The van der Waals surface area contributed by atoms with Gasteiger partial charge in [-0.2, -0.15) is 0 Å². The molecule has 0 unspecified atom stereocenters. The molecule has 0 saturated carbocycles. The quantitative estimate of drug-likeness (QED) is 0.732. The molecule has 0 aliphatic carbocycles. The molecule has 8 heteroatoms. The third kappa shape index (κ3) is 3.41. The first-order valence-electron chi connectivity index (χ1n) is 5.75. The largest absolute Gasteiger partial charge is 0.296 e. The molecule has 1 amide bonds. The van der Waals surface area contributed by atoms with Gasteiger partial charge >= 0.3 is 0 Å². The molecule has 0 bridgehead atoms. The third-order valence-electron chi connectivity index (χ3n) is 2.56. The molecule has 0 aliphatic heterocycles. The minimum atomic E-state index is -0.212. The number of halogens is 2. The third-order valence-corrected chi connectivity index (χ3v) is 4.73. The van der Waals surface area contributed by atoms with E-state index in [0.717, 1.165) is 10.4 Å². The number of hydrogen-bond acceptors (Lipinski definition) is 5. The van der Waals surface area contributed by atoms with Crippen LogP contribution in [-0.4, -0.2) is 16.1 Å². The number of carbonyl (C=O) groups excluding carboxylic acids is 1. The summed E-state index contributed by atoms with van der Waals surface area (Å²) in [6.45, 7) is 0. The van der Waals surface area contributed by atoms with Crippen LogP contribution in [0.1, 0.15) is 9.67 Å². The van der Waals surface area contributed by atoms with Crippen molar-refractivity contribution < 1.29 is 4.79 Å². The van der Waals surface area contributed by atoms with Crippen LogP contribution in [0.4, 0.5) is 5.13 Å². The number of rotatable bonds is 3. The predicted octanol–water partition coefficient (Wildman–Crippen LogP) is 4.83. The second-order valence-corrected chi connectivity index (χ2v) is 6.81. The number of aromatic nitrogens is 2. The number of benzene rings is 1. The van der Waals surface area contributed by atoms with Crippen LogP contribution in [0.25, 0.3) is 10.4 Å². The summed E-state index contributed by atoms with van der Waals surface area (Å²) in [5.74, 6) is -0.212. The zero-order valence-electron chi connectivity index (χ0n) is 10.3. The minimum absolute atomic E-state index is 0.212. The van der Waals surface area contributed by atoms with E-state index in [2.05, 4.69) is 15.5 Å². The maximum absolute atomic E-state index is 12.1. The number of hydrogen-bond donors (Lipinski definition) is 1. The maximum Gasteiger partial charge on any atom is 0.267 e. The first-order valence-corrected chi connectivity index (χ1v) is 8.21. The van der Waals surface area contributed by atoms with E-state index in [1.165, 1.54) is 22.7 Å². The van der Waals surface area contributed by atoms with Crippen molar-refractivity contribution in [2.45, 2.75) is 0 Å². The van der Waals surface area contributed by atoms with Gasteiger partial charge in [0, 0.05) is 14.9 Å². The molecule has 3 rings (SSSR count). The van der Waals surface area contributed by atoms with Crippen LogP contribution in [-0.2, 0) is 0 Å². The zero-order chi connectivity index (χ0) is 14.8. The molecule has 0 aliphatic rings. The second kappa shape index (κ2) is 6.11. The van der Waals surface area contributed by atoms with Crippen LogP contribution in [0.5, 0.6) is 0 Å². The number of thiophene rings is 1. The van der Waals surface area contributed by atoms with E-state index in [0.29, 0.717) is 20.1 Å². The highest BCUT2D eigenvalue weighted by molar-refractivity contribution is 7.17. The van der Waals surface area contributed by atoms with Crippen molar-refractivity contribution in [1.82, 2.24) is 10.2 Å². The van der Waals surface area contributed by atoms with Crippen molar-refractivity contribution in [3.63, 3.8) is 0 Å². The van der Waals surface area contributed by atoms with Crippen molar-refractivity contribution in [3.8, 4) is 10.4 Å². The highest BCUT2D eigenvalue weighted by Gasteiger charge is 2.12. The summed E-state index contributed by atoms with van der Waals surface area (Å²) in [4.78, 5) is 13.6. The predicted molar refractivity (Wildman–Crippen MR) is 87.6 cm³/mol. The number of nitrogens with zero attached hydrogens (tertiary/aromatic N) is 2. The molecule has 1 N–H and O–H groups in total. The molecular formula is C13H7Cl2N3OS2. The Morgan fingerprint density at radius 1 is 1.14 bits per heavy atom. The van der Waals surface area contributed by atoms with Gasteiger partial charge in [0.2, 0.25) is 5.13 Å². The molecule has 1 aromatic carbocycles. The summed E-state index contributed by atoms with van der Waals surface area (Å²) < 4.78 is 0. The van der Waals surface area contributed by atoms with Crippen LogP contribution < -0.4 is 5.32 Å². The minimum Gasteiger partial charge on any atom is -0.296 e. The highest BCUT2D eigenvalue weighted by Crippen LogP contribution is 2.32. The average Bonchev–Trinajstić information content (AvgIpc) is 3.08. The van der Waals surface area contributed by atoms with Gasteiger partial charge in [-0.05, 0) is 35.9 Å². The number of nitrogens with one attached hydrogen (secondary N) is 1. The summed E-state index contributed by atoms with van der Waals surface area (Å²) in [5, 5.41) is 11.7. The Labute approximate surface area is 138 Å². The van der Waals surface area contributed by atoms with Gasteiger partial charge in [-0.3, -0.25) is 10.1 Å². The van der Waals surface area contributed by atoms with Gasteiger partial charge in [0.15, 0.2) is 0 Å². The van der Waals surface area contributed by atoms with E-state index in [-0.39, 0.29) is 5.91 Å². The Bertz CT molecular complexity index is 766. The Morgan fingerprint density at radius 2 is 1.90 bits per heavy atom. The van der Waals surface area contributed by atoms with Gasteiger partial charge in [-0.25, -0.2) is 0 Å². The zero-order valence-corrected chi connectivity index (χ0v) is 13.5. The lowest BCUT2D eigenvalue weighted by Crippen LogP contribution is -2.09. The van der Waals surface area contributed by atoms with Gasteiger partial charge in [0.05, 0.1) is 4.88 Å². The van der Waals surface area contributed by atoms with Gasteiger partial charge in [-0.1, -0.05) is 34.5 Å². The lowest BCUT2D eigenvalue weighted by molar-refractivity contribution is 0.103. The van der Waals surface area contributed by atoms with Crippen molar-refractivity contribution >= 4 is 56.9 Å². The van der Waals surface area contributed by atoms with E-state index >= 15 is 0 Å². The van der Waals surface area contributed by atoms with Gasteiger partial charge in [-0.15, -0.1) is 21.5 Å². The monoisotopic (exact) mass is 355 g/mol. The summed E-state index contributed by atoms with van der Waals surface area (Å²) in [5.41, 5.74) is 2.44. The molecule has 0 atom stereocenters. The Balaban J connectivity index is 1.84. The molecule has 3 aromatic rings. The molecule has 0 radical (unpaired) electrons. The topological polar surface area (TPSA) is 54.9 Å². The smallest absolute Gasteiger partial charge is 0.267 e. The average molecular weight is 356 g/mol. The molecule has 0 saturated heterocycles. The van der Waals surface area contributed by atoms with Crippen LogP contribution in [0.3, 0.4) is 0 Å². The Kier molecular flexibility index (Phi) is 4.21. The lowest BCUT2D eigenvalue weighted by atomic mass is 10.2. The Hall–Kier alpha value is -1.47. The van der Waals surface area contributed by atoms with Gasteiger partial charge in [0.25, 0.3) is 5.91 Å². The molecule has 2 aromatic heterocycles. The second-order valence-electron chi connectivity index (χ2n) is 4.02. The van der Waals surface area contributed by atoms with Crippen LogP contribution in [0.15, 0.2) is 35.8 Å². The van der Waals surface area contributed by atoms with Gasteiger partial charge in [0.1, 0.15) is 5.51 Å². The molecule has 4 nitrogen and oxygen atoms in total. The maximum atomic E-state index is 12.1. The SMILES string of the molecule is O=C(Nc1nncs1)c1ccc(-c2cc(Cl)cc(Cl)c2)s1. The fourth-order valence-electron chi connectivity index (χ4n) is 1.70. The van der Waals surface area contributed by atoms with Crippen molar-refractivity contribution in [1.29, 1.82) is 0 Å². The van der Waals surface area contributed by atoms with E-state index in [9.17, 15) is 4.79 Å². The molecular weight excluding hydrogens is 349 g/mol. The van der Waals surface area contributed by atoms with E-state index < -0.39 is 0 Å². The van der Waals surface area contributed by atoms with Crippen LogP contribution in [0.2, 0.25) is 10.0 Å².